The molecular formula is C19H18BrNO3. The van der Waals surface area contributed by atoms with Gasteiger partial charge in [-0.25, -0.2) is 0 Å². The highest BCUT2D eigenvalue weighted by Crippen LogP contribution is 2.41. The molecule has 2 aromatic rings. The number of aryl methyl sites for hydroxylation is 1. The quantitative estimate of drug-likeness (QED) is 0.870. The molecule has 0 atom stereocenters. The predicted octanol–water partition coefficient (Wildman–Crippen LogP) is 3.81. The van der Waals surface area contributed by atoms with Gasteiger partial charge in [0.15, 0.2) is 0 Å². The molecule has 0 saturated carbocycles. The summed E-state index contributed by atoms with van der Waals surface area (Å²) in [6, 6.07) is 7.96. The Balaban J connectivity index is 1.60. The summed E-state index contributed by atoms with van der Waals surface area (Å²) in [5.41, 5.74) is 5.18. The van der Waals surface area contributed by atoms with Gasteiger partial charge in [-0.2, -0.15) is 0 Å². The van der Waals surface area contributed by atoms with E-state index in [2.05, 4.69) is 27.3 Å². The van der Waals surface area contributed by atoms with Crippen LogP contribution >= 0.6 is 15.9 Å². The second kappa shape index (κ2) is 6.13. The molecule has 0 aliphatic carbocycles. The van der Waals surface area contributed by atoms with Crippen LogP contribution in [0.2, 0.25) is 0 Å². The van der Waals surface area contributed by atoms with Gasteiger partial charge in [0, 0.05) is 34.0 Å². The summed E-state index contributed by atoms with van der Waals surface area (Å²) < 4.78 is 12.4. The van der Waals surface area contributed by atoms with Crippen LogP contribution in [0.5, 0.6) is 11.5 Å². The van der Waals surface area contributed by atoms with Gasteiger partial charge >= 0.3 is 0 Å². The van der Waals surface area contributed by atoms with Crippen LogP contribution in [-0.4, -0.2) is 19.1 Å². The third-order valence-electron chi connectivity index (χ3n) is 4.50. The SMILES string of the molecule is Cc1ccc(NC(=O)Cc2c3c(cc4c2OCC4)OCC3)c(Br)c1. The first-order valence-electron chi connectivity index (χ1n) is 8.11. The molecule has 24 heavy (non-hydrogen) atoms. The number of halogens is 1. The van der Waals surface area contributed by atoms with Crippen molar-refractivity contribution in [1.82, 2.24) is 0 Å². The van der Waals surface area contributed by atoms with E-state index in [1.807, 2.05) is 25.1 Å². The van der Waals surface area contributed by atoms with Crippen LogP contribution in [-0.2, 0) is 24.1 Å². The largest absolute Gasteiger partial charge is 0.493 e. The zero-order valence-corrected chi connectivity index (χ0v) is 15.0. The number of carbonyl (C=O) groups is 1. The molecule has 4 rings (SSSR count). The van der Waals surface area contributed by atoms with E-state index < -0.39 is 0 Å². The molecule has 2 heterocycles. The topological polar surface area (TPSA) is 47.6 Å². The lowest BCUT2D eigenvalue weighted by atomic mass is 9.97. The summed E-state index contributed by atoms with van der Waals surface area (Å²) in [5, 5.41) is 2.99. The molecule has 5 heteroatoms. The van der Waals surface area contributed by atoms with E-state index in [0.717, 1.165) is 56.8 Å². The maximum absolute atomic E-state index is 12.6. The number of rotatable bonds is 3. The summed E-state index contributed by atoms with van der Waals surface area (Å²) >= 11 is 3.50. The minimum absolute atomic E-state index is 0.0439. The Kier molecular flexibility index (Phi) is 3.96. The lowest BCUT2D eigenvalue weighted by Gasteiger charge is -2.13. The van der Waals surface area contributed by atoms with Crippen molar-refractivity contribution < 1.29 is 14.3 Å². The highest BCUT2D eigenvalue weighted by molar-refractivity contribution is 9.10. The van der Waals surface area contributed by atoms with Gasteiger partial charge in [-0.05, 0) is 46.6 Å². The monoisotopic (exact) mass is 387 g/mol. The van der Waals surface area contributed by atoms with Crippen molar-refractivity contribution in [1.29, 1.82) is 0 Å². The van der Waals surface area contributed by atoms with Crippen molar-refractivity contribution in [2.75, 3.05) is 18.5 Å². The average Bonchev–Trinajstić information content (AvgIpc) is 3.18. The molecule has 0 aromatic heterocycles. The smallest absolute Gasteiger partial charge is 0.228 e. The van der Waals surface area contributed by atoms with Crippen molar-refractivity contribution in [3.05, 3.63) is 51.0 Å². The fourth-order valence-electron chi connectivity index (χ4n) is 3.35. The third-order valence-corrected chi connectivity index (χ3v) is 5.15. The van der Waals surface area contributed by atoms with Gasteiger partial charge in [-0.3, -0.25) is 4.79 Å². The van der Waals surface area contributed by atoms with E-state index in [1.165, 1.54) is 0 Å². The maximum Gasteiger partial charge on any atom is 0.228 e. The third kappa shape index (κ3) is 2.77. The van der Waals surface area contributed by atoms with Crippen molar-refractivity contribution >= 4 is 27.5 Å². The number of anilines is 1. The van der Waals surface area contributed by atoms with Crippen molar-refractivity contribution in [3.8, 4) is 11.5 Å². The molecule has 124 valence electrons. The van der Waals surface area contributed by atoms with E-state index in [1.54, 1.807) is 0 Å². The zero-order chi connectivity index (χ0) is 16.7. The van der Waals surface area contributed by atoms with Crippen LogP contribution in [0.25, 0.3) is 0 Å². The van der Waals surface area contributed by atoms with E-state index in [4.69, 9.17) is 9.47 Å². The summed E-state index contributed by atoms with van der Waals surface area (Å²) in [5.74, 6) is 1.76. The molecule has 2 aliphatic heterocycles. The highest BCUT2D eigenvalue weighted by Gasteiger charge is 2.27. The summed E-state index contributed by atoms with van der Waals surface area (Å²) in [6.45, 7) is 3.37. The molecule has 4 nitrogen and oxygen atoms in total. The molecule has 2 aliphatic rings. The highest BCUT2D eigenvalue weighted by atomic mass is 79.9. The van der Waals surface area contributed by atoms with Crippen molar-refractivity contribution in [2.45, 2.75) is 26.2 Å². The fourth-order valence-corrected chi connectivity index (χ4v) is 3.94. The normalized spacial score (nSPS) is 14.6. The van der Waals surface area contributed by atoms with Gasteiger partial charge in [0.25, 0.3) is 0 Å². The maximum atomic E-state index is 12.6. The summed E-state index contributed by atoms with van der Waals surface area (Å²) in [4.78, 5) is 12.6. The van der Waals surface area contributed by atoms with Gasteiger partial charge in [0.2, 0.25) is 5.91 Å². The molecule has 0 unspecified atom stereocenters. The zero-order valence-electron chi connectivity index (χ0n) is 13.4. The second-order valence-electron chi connectivity index (χ2n) is 6.23. The number of benzene rings is 2. The first-order chi connectivity index (χ1) is 11.6. The lowest BCUT2D eigenvalue weighted by Crippen LogP contribution is -2.16. The lowest BCUT2D eigenvalue weighted by molar-refractivity contribution is -0.115. The van der Waals surface area contributed by atoms with E-state index in [0.29, 0.717) is 19.6 Å². The molecular weight excluding hydrogens is 370 g/mol. The van der Waals surface area contributed by atoms with Crippen LogP contribution in [0.1, 0.15) is 22.3 Å². The Bertz CT molecular complexity index is 800. The Hall–Kier alpha value is -2.01. The van der Waals surface area contributed by atoms with E-state index in [-0.39, 0.29) is 5.91 Å². The van der Waals surface area contributed by atoms with Crippen LogP contribution in [0, 0.1) is 6.92 Å². The molecule has 2 aromatic carbocycles. The van der Waals surface area contributed by atoms with Crippen molar-refractivity contribution in [3.63, 3.8) is 0 Å². The molecule has 1 N–H and O–H groups in total. The Labute approximate surface area is 149 Å². The first kappa shape index (κ1) is 15.5. The number of nitrogens with one attached hydrogen (secondary N) is 1. The number of ether oxygens (including phenoxy) is 2. The molecule has 0 radical (unpaired) electrons. The van der Waals surface area contributed by atoms with Crippen LogP contribution in [0.4, 0.5) is 5.69 Å². The van der Waals surface area contributed by atoms with E-state index in [9.17, 15) is 4.79 Å². The Morgan fingerprint density at radius 1 is 1.21 bits per heavy atom. The number of carbonyl (C=O) groups excluding carboxylic acids is 1. The van der Waals surface area contributed by atoms with E-state index >= 15 is 0 Å². The minimum atomic E-state index is -0.0439. The predicted molar refractivity (Wildman–Crippen MR) is 96.1 cm³/mol. The van der Waals surface area contributed by atoms with Gasteiger partial charge in [0.1, 0.15) is 11.5 Å². The van der Waals surface area contributed by atoms with Gasteiger partial charge in [-0.15, -0.1) is 0 Å². The van der Waals surface area contributed by atoms with Gasteiger partial charge in [0.05, 0.1) is 25.3 Å². The number of amides is 1. The minimum Gasteiger partial charge on any atom is -0.493 e. The first-order valence-corrected chi connectivity index (χ1v) is 8.90. The number of hydrogen-bond acceptors (Lipinski definition) is 3. The second-order valence-corrected chi connectivity index (χ2v) is 7.08. The summed E-state index contributed by atoms with van der Waals surface area (Å²) in [6.07, 6.45) is 2.02. The Morgan fingerprint density at radius 2 is 2.04 bits per heavy atom. The molecule has 0 spiro atoms. The number of fused-ring (bicyclic) bond motifs is 2. The average molecular weight is 388 g/mol. The van der Waals surface area contributed by atoms with Crippen LogP contribution in [0.3, 0.4) is 0 Å². The standard InChI is InChI=1S/C19H18BrNO3/c1-11-2-3-16(15(20)8-11)21-18(22)10-14-13-5-7-23-17(13)9-12-4-6-24-19(12)14/h2-3,8-9H,4-7,10H2,1H3,(H,21,22). The molecule has 1 amide bonds. The number of hydrogen-bond donors (Lipinski definition) is 1. The van der Waals surface area contributed by atoms with Gasteiger partial charge < -0.3 is 14.8 Å². The van der Waals surface area contributed by atoms with Crippen molar-refractivity contribution in [2.24, 2.45) is 0 Å². The van der Waals surface area contributed by atoms with Crippen LogP contribution in [0.15, 0.2) is 28.7 Å². The van der Waals surface area contributed by atoms with Crippen LogP contribution < -0.4 is 14.8 Å². The molecule has 0 saturated heterocycles. The fraction of sp³-hybridized carbons (Fsp3) is 0.316. The molecule has 0 fully saturated rings. The molecule has 0 bridgehead atoms. The Morgan fingerprint density at radius 3 is 2.88 bits per heavy atom. The van der Waals surface area contributed by atoms with Gasteiger partial charge in [-0.1, -0.05) is 6.07 Å². The summed E-state index contributed by atoms with van der Waals surface area (Å²) in [7, 11) is 0.